The molecule has 3 heteroatoms. The number of hydrogen-bond acceptors (Lipinski definition) is 2. The predicted molar refractivity (Wildman–Crippen MR) is 75.9 cm³/mol. The van der Waals surface area contributed by atoms with Crippen molar-refractivity contribution >= 4 is 12.4 Å². The van der Waals surface area contributed by atoms with Crippen LogP contribution in [0.15, 0.2) is 18.2 Å². The van der Waals surface area contributed by atoms with Crippen LogP contribution in [0.2, 0.25) is 0 Å². The molecule has 0 saturated carbocycles. The average Bonchev–Trinajstić information content (AvgIpc) is 2.44. The van der Waals surface area contributed by atoms with E-state index in [4.69, 9.17) is 0 Å². The van der Waals surface area contributed by atoms with Gasteiger partial charge in [0.1, 0.15) is 0 Å². The van der Waals surface area contributed by atoms with E-state index in [-0.39, 0.29) is 12.4 Å². The lowest BCUT2D eigenvalue weighted by Crippen LogP contribution is -2.27. The van der Waals surface area contributed by atoms with Crippen molar-refractivity contribution in [2.45, 2.75) is 26.8 Å². The Hall–Kier alpha value is -0.570. The second kappa shape index (κ2) is 7.00. The number of nitrogens with one attached hydrogen (secondary N) is 1. The molecule has 1 fully saturated rings. The highest BCUT2D eigenvalue weighted by Crippen LogP contribution is 2.12. The Labute approximate surface area is 111 Å². The van der Waals surface area contributed by atoms with Crippen molar-refractivity contribution in [1.82, 2.24) is 10.2 Å². The summed E-state index contributed by atoms with van der Waals surface area (Å²) in [5.74, 6) is 0. The van der Waals surface area contributed by atoms with Gasteiger partial charge in [0.05, 0.1) is 0 Å². The van der Waals surface area contributed by atoms with Gasteiger partial charge in [-0.25, -0.2) is 0 Å². The summed E-state index contributed by atoms with van der Waals surface area (Å²) in [5.41, 5.74) is 4.21. The Morgan fingerprint density at radius 3 is 2.47 bits per heavy atom. The zero-order valence-electron chi connectivity index (χ0n) is 10.8. The van der Waals surface area contributed by atoms with E-state index in [1.165, 1.54) is 42.7 Å². The molecule has 2 nitrogen and oxygen atoms in total. The second-order valence-electron chi connectivity index (χ2n) is 4.88. The van der Waals surface area contributed by atoms with E-state index in [0.717, 1.165) is 13.1 Å². The first-order valence-electron chi connectivity index (χ1n) is 6.24. The monoisotopic (exact) mass is 254 g/mol. The molecule has 1 heterocycles. The molecule has 1 aromatic carbocycles. The fraction of sp³-hybridized carbons (Fsp3) is 0.571. The minimum Gasteiger partial charge on any atom is -0.315 e. The van der Waals surface area contributed by atoms with Crippen molar-refractivity contribution < 1.29 is 0 Å². The number of nitrogens with zero attached hydrogens (tertiary/aromatic N) is 1. The zero-order valence-corrected chi connectivity index (χ0v) is 11.6. The van der Waals surface area contributed by atoms with E-state index in [1.807, 2.05) is 0 Å². The Kier molecular flexibility index (Phi) is 5.96. The van der Waals surface area contributed by atoms with E-state index >= 15 is 0 Å². The summed E-state index contributed by atoms with van der Waals surface area (Å²) in [5, 5.41) is 3.44. The van der Waals surface area contributed by atoms with E-state index < -0.39 is 0 Å². The summed E-state index contributed by atoms with van der Waals surface area (Å²) in [7, 11) is 0. The van der Waals surface area contributed by atoms with Gasteiger partial charge in [-0.2, -0.15) is 0 Å². The molecule has 1 aromatic rings. The smallest absolute Gasteiger partial charge is 0.0234 e. The SMILES string of the molecule is Cc1cc(C)cc(CN2CCCNCC2)c1.Cl. The summed E-state index contributed by atoms with van der Waals surface area (Å²) in [6.07, 6.45) is 1.27. The quantitative estimate of drug-likeness (QED) is 0.873. The maximum atomic E-state index is 3.44. The van der Waals surface area contributed by atoms with Gasteiger partial charge in [0.25, 0.3) is 0 Å². The van der Waals surface area contributed by atoms with Crippen molar-refractivity contribution in [2.75, 3.05) is 26.2 Å². The summed E-state index contributed by atoms with van der Waals surface area (Å²) in [4.78, 5) is 2.55. The molecule has 17 heavy (non-hydrogen) atoms. The Morgan fingerprint density at radius 1 is 1.06 bits per heavy atom. The maximum absolute atomic E-state index is 3.44. The number of halogens is 1. The van der Waals surface area contributed by atoms with Crippen LogP contribution in [-0.4, -0.2) is 31.1 Å². The van der Waals surface area contributed by atoms with Gasteiger partial charge in [0, 0.05) is 19.6 Å². The van der Waals surface area contributed by atoms with E-state index in [0.29, 0.717) is 0 Å². The molecule has 0 radical (unpaired) electrons. The molecule has 1 saturated heterocycles. The minimum absolute atomic E-state index is 0. The minimum atomic E-state index is 0. The topological polar surface area (TPSA) is 15.3 Å². The van der Waals surface area contributed by atoms with Gasteiger partial charge in [0.15, 0.2) is 0 Å². The molecule has 0 amide bonds. The molecule has 0 spiro atoms. The second-order valence-corrected chi connectivity index (χ2v) is 4.88. The third-order valence-electron chi connectivity index (χ3n) is 3.12. The summed E-state index contributed by atoms with van der Waals surface area (Å²) < 4.78 is 0. The number of aryl methyl sites for hydroxylation is 2. The van der Waals surface area contributed by atoms with Crippen molar-refractivity contribution in [1.29, 1.82) is 0 Å². The van der Waals surface area contributed by atoms with Crippen LogP contribution in [0, 0.1) is 13.8 Å². The number of hydrogen-bond donors (Lipinski definition) is 1. The van der Waals surface area contributed by atoms with E-state index in [2.05, 4.69) is 42.3 Å². The lowest BCUT2D eigenvalue weighted by molar-refractivity contribution is 0.284. The summed E-state index contributed by atoms with van der Waals surface area (Å²) >= 11 is 0. The molecule has 0 aliphatic carbocycles. The largest absolute Gasteiger partial charge is 0.315 e. The molecule has 96 valence electrons. The number of benzene rings is 1. The molecule has 0 bridgehead atoms. The first kappa shape index (κ1) is 14.5. The zero-order chi connectivity index (χ0) is 11.4. The fourth-order valence-electron chi connectivity index (χ4n) is 2.48. The van der Waals surface area contributed by atoms with Gasteiger partial charge >= 0.3 is 0 Å². The van der Waals surface area contributed by atoms with Crippen LogP contribution in [0.4, 0.5) is 0 Å². The fourth-order valence-corrected chi connectivity index (χ4v) is 2.48. The van der Waals surface area contributed by atoms with Gasteiger partial charge in [-0.1, -0.05) is 29.3 Å². The maximum Gasteiger partial charge on any atom is 0.0234 e. The highest BCUT2D eigenvalue weighted by molar-refractivity contribution is 5.85. The lowest BCUT2D eigenvalue weighted by Gasteiger charge is -2.19. The van der Waals surface area contributed by atoms with Crippen LogP contribution in [0.3, 0.4) is 0 Å². The first-order valence-corrected chi connectivity index (χ1v) is 6.24. The Morgan fingerprint density at radius 2 is 1.76 bits per heavy atom. The van der Waals surface area contributed by atoms with Crippen LogP contribution >= 0.6 is 12.4 Å². The molecule has 0 atom stereocenters. The first-order chi connectivity index (χ1) is 7.74. The van der Waals surface area contributed by atoms with Crippen LogP contribution < -0.4 is 5.32 Å². The lowest BCUT2D eigenvalue weighted by atomic mass is 10.1. The molecule has 0 aromatic heterocycles. The molecule has 2 rings (SSSR count). The number of rotatable bonds is 2. The Balaban J connectivity index is 0.00000144. The predicted octanol–water partition coefficient (Wildman–Crippen LogP) is 2.52. The van der Waals surface area contributed by atoms with Gasteiger partial charge in [-0.15, -0.1) is 12.4 Å². The van der Waals surface area contributed by atoms with Crippen LogP contribution in [0.5, 0.6) is 0 Å². The molecular formula is C14H23ClN2. The van der Waals surface area contributed by atoms with Gasteiger partial charge in [0.2, 0.25) is 0 Å². The Bertz CT molecular complexity index is 324. The normalized spacial score (nSPS) is 17.3. The van der Waals surface area contributed by atoms with Gasteiger partial charge in [-0.3, -0.25) is 4.90 Å². The van der Waals surface area contributed by atoms with Crippen molar-refractivity contribution in [3.63, 3.8) is 0 Å². The van der Waals surface area contributed by atoms with Gasteiger partial charge in [-0.05, 0) is 38.9 Å². The van der Waals surface area contributed by atoms with Crippen molar-refractivity contribution in [3.8, 4) is 0 Å². The third-order valence-corrected chi connectivity index (χ3v) is 3.12. The molecule has 1 N–H and O–H groups in total. The third kappa shape index (κ3) is 4.66. The summed E-state index contributed by atoms with van der Waals surface area (Å²) in [6, 6.07) is 6.87. The van der Waals surface area contributed by atoms with Gasteiger partial charge < -0.3 is 5.32 Å². The highest BCUT2D eigenvalue weighted by Gasteiger charge is 2.09. The highest BCUT2D eigenvalue weighted by atomic mass is 35.5. The molecule has 1 aliphatic heterocycles. The van der Waals surface area contributed by atoms with Crippen LogP contribution in [0.1, 0.15) is 23.1 Å². The molecule has 0 unspecified atom stereocenters. The standard InChI is InChI=1S/C14H22N2.ClH/c1-12-8-13(2)10-14(9-12)11-16-6-3-4-15-5-7-16;/h8-10,15H,3-7,11H2,1-2H3;1H. The van der Waals surface area contributed by atoms with E-state index in [1.54, 1.807) is 0 Å². The van der Waals surface area contributed by atoms with Crippen molar-refractivity contribution in [3.05, 3.63) is 34.9 Å². The molecule has 1 aliphatic rings. The average molecular weight is 255 g/mol. The summed E-state index contributed by atoms with van der Waals surface area (Å²) in [6.45, 7) is 10.2. The van der Waals surface area contributed by atoms with Crippen LogP contribution in [-0.2, 0) is 6.54 Å². The van der Waals surface area contributed by atoms with Crippen LogP contribution in [0.25, 0.3) is 0 Å². The molecular weight excluding hydrogens is 232 g/mol. The van der Waals surface area contributed by atoms with E-state index in [9.17, 15) is 0 Å². The van der Waals surface area contributed by atoms with Crippen molar-refractivity contribution in [2.24, 2.45) is 0 Å².